The number of rotatable bonds is 1. The van der Waals surface area contributed by atoms with Gasteiger partial charge in [0.2, 0.25) is 0 Å². The van der Waals surface area contributed by atoms with Crippen molar-refractivity contribution in [3.63, 3.8) is 0 Å². The summed E-state index contributed by atoms with van der Waals surface area (Å²) in [6, 6.07) is 6.61. The van der Waals surface area contributed by atoms with E-state index < -0.39 is 0 Å². The summed E-state index contributed by atoms with van der Waals surface area (Å²) in [5.41, 5.74) is 10.2. The molecule has 1 aliphatic carbocycles. The maximum absolute atomic E-state index is 6.27. The van der Waals surface area contributed by atoms with Crippen molar-refractivity contribution in [2.24, 2.45) is 11.7 Å². The highest BCUT2D eigenvalue weighted by molar-refractivity contribution is 9.10. The molecule has 1 aromatic carbocycles. The van der Waals surface area contributed by atoms with Gasteiger partial charge in [0.25, 0.3) is 0 Å². The number of aromatic nitrogens is 1. The van der Waals surface area contributed by atoms with Crippen molar-refractivity contribution in [3.05, 3.63) is 33.9 Å². The summed E-state index contributed by atoms with van der Waals surface area (Å²) < 4.78 is 1.14. The van der Waals surface area contributed by atoms with E-state index in [0.717, 1.165) is 10.9 Å². The molecule has 1 aliphatic rings. The van der Waals surface area contributed by atoms with Gasteiger partial charge >= 0.3 is 1.43 Å². The molecule has 0 radical (unpaired) electrons. The zero-order valence-corrected chi connectivity index (χ0v) is 13.6. The fourth-order valence-corrected chi connectivity index (χ4v) is 3.57. The van der Waals surface area contributed by atoms with Crippen LogP contribution in [0.4, 0.5) is 0 Å². The fourth-order valence-electron chi connectivity index (χ4n) is 3.21. The van der Waals surface area contributed by atoms with Crippen LogP contribution in [0.25, 0.3) is 10.9 Å². The molecule has 1 aromatic heterocycles. The molecule has 19 heavy (non-hydrogen) atoms. The van der Waals surface area contributed by atoms with Crippen LogP contribution in [-0.2, 0) is 0 Å². The Kier molecular flexibility index (Phi) is 4.29. The second kappa shape index (κ2) is 5.47. The van der Waals surface area contributed by atoms with Crippen LogP contribution in [0.15, 0.2) is 22.7 Å². The number of nitrogens with two attached hydrogens (primary N) is 1. The largest absolute Gasteiger partial charge is 1.00 e. The van der Waals surface area contributed by atoms with Crippen molar-refractivity contribution in [1.29, 1.82) is 0 Å². The van der Waals surface area contributed by atoms with Gasteiger partial charge in [0.15, 0.2) is 0 Å². The minimum atomic E-state index is 0. The van der Waals surface area contributed by atoms with Crippen LogP contribution in [0.3, 0.4) is 0 Å². The highest BCUT2D eigenvalue weighted by atomic mass is 79.9. The number of hydrogen-bond donors (Lipinski definition) is 2. The molecular weight excluding hydrogens is 324 g/mol. The lowest BCUT2D eigenvalue weighted by Crippen LogP contribution is -3.00. The molecule has 0 saturated heterocycles. The second-order valence-electron chi connectivity index (χ2n) is 5.68. The number of halogens is 2. The van der Waals surface area contributed by atoms with Crippen molar-refractivity contribution >= 4 is 26.8 Å². The van der Waals surface area contributed by atoms with Crippen molar-refractivity contribution in [3.8, 4) is 0 Å². The Hall–Kier alpha value is -0.510. The molecule has 3 rings (SSSR count). The molecule has 0 spiro atoms. The maximum atomic E-state index is 6.27. The van der Waals surface area contributed by atoms with Gasteiger partial charge in [0.1, 0.15) is 0 Å². The number of fused-ring (bicyclic) bond motifs is 3. The number of benzene rings is 1. The minimum absolute atomic E-state index is 0. The Balaban J connectivity index is 0.000001000. The summed E-state index contributed by atoms with van der Waals surface area (Å²) in [7, 11) is 0. The molecule has 0 bridgehead atoms. The topological polar surface area (TPSA) is 41.8 Å². The molecule has 2 atom stereocenters. The normalized spacial score (nSPS) is 22.4. The lowest BCUT2D eigenvalue weighted by Gasteiger charge is -2.29. The third-order valence-electron chi connectivity index (χ3n) is 4.17. The van der Waals surface area contributed by atoms with Crippen LogP contribution in [0, 0.1) is 5.92 Å². The average molecular weight is 344 g/mol. The first-order valence-corrected chi connectivity index (χ1v) is 7.44. The van der Waals surface area contributed by atoms with E-state index in [9.17, 15) is 0 Å². The number of nitrogens with one attached hydrogen (secondary N) is 1. The Labute approximate surface area is 130 Å². The number of hydrogen-bond acceptors (Lipinski definition) is 1. The molecule has 0 saturated carbocycles. The predicted octanol–water partition coefficient (Wildman–Crippen LogP) is 1.58. The SMILES string of the molecule is CC(C)C1CCC(N)c2[nH]c3ccc(Br)cc3c21.[Cl-].[H+]. The van der Waals surface area contributed by atoms with Crippen LogP contribution in [0.5, 0.6) is 0 Å². The van der Waals surface area contributed by atoms with E-state index >= 15 is 0 Å². The van der Waals surface area contributed by atoms with Crippen LogP contribution >= 0.6 is 15.9 Å². The van der Waals surface area contributed by atoms with Gasteiger partial charge in [-0.3, -0.25) is 0 Å². The Morgan fingerprint density at radius 3 is 2.79 bits per heavy atom. The summed E-state index contributed by atoms with van der Waals surface area (Å²) in [6.07, 6.45) is 2.29. The molecule has 3 N–H and O–H groups in total. The van der Waals surface area contributed by atoms with E-state index in [-0.39, 0.29) is 19.9 Å². The standard InChI is InChI=1S/C15H19BrN2.ClH/c1-8(2)10-4-5-12(17)15-14(10)11-7-9(16)3-6-13(11)18-15;/h3,6-8,10,12,18H,4-5,17H2,1-2H3;1H. The van der Waals surface area contributed by atoms with E-state index in [4.69, 9.17) is 5.73 Å². The maximum Gasteiger partial charge on any atom is 1.00 e. The van der Waals surface area contributed by atoms with Crippen molar-refractivity contribution in [1.82, 2.24) is 4.98 Å². The average Bonchev–Trinajstić information content (AvgIpc) is 2.69. The van der Waals surface area contributed by atoms with E-state index in [1.807, 2.05) is 0 Å². The van der Waals surface area contributed by atoms with Crippen LogP contribution in [0.2, 0.25) is 0 Å². The van der Waals surface area contributed by atoms with E-state index in [2.05, 4.69) is 53.0 Å². The van der Waals surface area contributed by atoms with Crippen molar-refractivity contribution < 1.29 is 13.8 Å². The van der Waals surface area contributed by atoms with Crippen molar-refractivity contribution in [2.75, 3.05) is 0 Å². The Morgan fingerprint density at radius 2 is 2.11 bits per heavy atom. The first kappa shape index (κ1) is 14.9. The quantitative estimate of drug-likeness (QED) is 0.811. The number of aromatic amines is 1. The Morgan fingerprint density at radius 1 is 1.37 bits per heavy atom. The van der Waals surface area contributed by atoms with Crippen molar-refractivity contribution in [2.45, 2.75) is 38.6 Å². The molecule has 4 heteroatoms. The van der Waals surface area contributed by atoms with Gasteiger partial charge in [0, 0.05) is 27.1 Å². The fraction of sp³-hybridized carbons (Fsp3) is 0.467. The highest BCUT2D eigenvalue weighted by Crippen LogP contribution is 2.44. The lowest BCUT2D eigenvalue weighted by molar-refractivity contribution is -0.00000382. The molecule has 2 unspecified atom stereocenters. The summed E-state index contributed by atoms with van der Waals surface area (Å²) in [4.78, 5) is 3.53. The summed E-state index contributed by atoms with van der Waals surface area (Å²) in [5, 5.41) is 1.34. The van der Waals surface area contributed by atoms with E-state index in [1.165, 1.54) is 28.6 Å². The van der Waals surface area contributed by atoms with Gasteiger partial charge in [-0.05, 0) is 48.4 Å². The molecule has 2 aromatic rings. The smallest absolute Gasteiger partial charge is 1.00 e. The molecule has 0 aliphatic heterocycles. The number of H-pyrrole nitrogens is 1. The summed E-state index contributed by atoms with van der Waals surface area (Å²) >= 11 is 3.57. The Bertz CT molecular complexity index is 597. The summed E-state index contributed by atoms with van der Waals surface area (Å²) in [6.45, 7) is 4.62. The first-order chi connectivity index (χ1) is 8.58. The molecule has 0 fully saturated rings. The molecule has 0 amide bonds. The van der Waals surface area contributed by atoms with Gasteiger partial charge in [0.05, 0.1) is 0 Å². The zero-order chi connectivity index (χ0) is 12.9. The minimum Gasteiger partial charge on any atom is -1.00 e. The van der Waals surface area contributed by atoms with Crippen LogP contribution in [-0.4, -0.2) is 4.98 Å². The monoisotopic (exact) mass is 342 g/mol. The van der Waals surface area contributed by atoms with Gasteiger partial charge in [-0.1, -0.05) is 29.8 Å². The predicted molar refractivity (Wildman–Crippen MR) is 80.9 cm³/mol. The highest BCUT2D eigenvalue weighted by Gasteiger charge is 2.30. The van der Waals surface area contributed by atoms with Crippen LogP contribution in [0.1, 0.15) is 51.3 Å². The third-order valence-corrected chi connectivity index (χ3v) is 4.66. The molecular formula is C15H20BrClN2. The molecule has 2 nitrogen and oxygen atoms in total. The van der Waals surface area contributed by atoms with E-state index in [1.54, 1.807) is 0 Å². The first-order valence-electron chi connectivity index (χ1n) is 6.64. The summed E-state index contributed by atoms with van der Waals surface area (Å²) in [5.74, 6) is 1.29. The third kappa shape index (κ3) is 2.44. The van der Waals surface area contributed by atoms with Gasteiger partial charge in [-0.15, -0.1) is 0 Å². The zero-order valence-electron chi connectivity index (χ0n) is 12.2. The van der Waals surface area contributed by atoms with Crippen LogP contribution < -0.4 is 18.1 Å². The lowest BCUT2D eigenvalue weighted by atomic mass is 9.77. The van der Waals surface area contributed by atoms with Gasteiger partial charge in [-0.2, -0.15) is 0 Å². The molecule has 1 heterocycles. The van der Waals surface area contributed by atoms with Gasteiger partial charge in [-0.25, -0.2) is 0 Å². The van der Waals surface area contributed by atoms with E-state index in [0.29, 0.717) is 11.8 Å². The molecule has 104 valence electrons. The van der Waals surface area contributed by atoms with Gasteiger partial charge < -0.3 is 23.1 Å². The second-order valence-corrected chi connectivity index (χ2v) is 6.59.